The molecule has 0 saturated carbocycles. The number of piperidine rings is 1. The third-order valence-corrected chi connectivity index (χ3v) is 4.08. The molecule has 1 aliphatic heterocycles. The monoisotopic (exact) mass is 308 g/mol. The summed E-state index contributed by atoms with van der Waals surface area (Å²) in [7, 11) is 0. The number of benzene rings is 1. The SMILES string of the molecule is CC(=O)N(CC(=O)N1CCCCC1)c1cc(Cl)ccc1C. The summed E-state index contributed by atoms with van der Waals surface area (Å²) in [6.45, 7) is 5.05. The first kappa shape index (κ1) is 15.8. The van der Waals surface area contributed by atoms with Crippen LogP contribution in [0, 0.1) is 6.92 Å². The molecule has 1 aliphatic rings. The van der Waals surface area contributed by atoms with Gasteiger partial charge in [-0.05, 0) is 43.9 Å². The van der Waals surface area contributed by atoms with Crippen LogP contribution in [0.2, 0.25) is 5.02 Å². The van der Waals surface area contributed by atoms with Crippen molar-refractivity contribution in [3.8, 4) is 0 Å². The summed E-state index contributed by atoms with van der Waals surface area (Å²) >= 11 is 6.02. The highest BCUT2D eigenvalue weighted by atomic mass is 35.5. The van der Waals surface area contributed by atoms with E-state index in [0.717, 1.165) is 31.5 Å². The Balaban J connectivity index is 2.17. The quantitative estimate of drug-likeness (QED) is 0.861. The second-order valence-corrected chi connectivity index (χ2v) is 5.91. The van der Waals surface area contributed by atoms with Crippen molar-refractivity contribution in [1.29, 1.82) is 0 Å². The second kappa shape index (κ2) is 6.94. The van der Waals surface area contributed by atoms with Crippen LogP contribution in [0.5, 0.6) is 0 Å². The summed E-state index contributed by atoms with van der Waals surface area (Å²) in [5, 5.41) is 0.562. The van der Waals surface area contributed by atoms with Crippen molar-refractivity contribution in [1.82, 2.24) is 4.90 Å². The van der Waals surface area contributed by atoms with Crippen molar-refractivity contribution in [3.05, 3.63) is 28.8 Å². The first-order chi connectivity index (χ1) is 9.99. The molecule has 2 amide bonds. The zero-order valence-electron chi connectivity index (χ0n) is 12.6. The standard InChI is InChI=1S/C16H21ClN2O2/c1-12-6-7-14(17)10-15(12)19(13(2)20)11-16(21)18-8-4-3-5-9-18/h6-7,10H,3-5,8-9,11H2,1-2H3. The Morgan fingerprint density at radius 3 is 2.52 bits per heavy atom. The molecule has 1 heterocycles. The van der Waals surface area contributed by atoms with E-state index in [-0.39, 0.29) is 18.4 Å². The van der Waals surface area contributed by atoms with E-state index in [1.54, 1.807) is 12.1 Å². The van der Waals surface area contributed by atoms with Crippen LogP contribution in [-0.4, -0.2) is 36.3 Å². The Labute approximate surface area is 130 Å². The molecular formula is C16H21ClN2O2. The highest BCUT2D eigenvalue weighted by molar-refractivity contribution is 6.31. The number of halogens is 1. The number of aryl methyl sites for hydroxylation is 1. The van der Waals surface area contributed by atoms with Crippen LogP contribution in [0.25, 0.3) is 0 Å². The molecule has 1 aromatic carbocycles. The third kappa shape index (κ3) is 3.97. The molecule has 1 aromatic rings. The fourth-order valence-electron chi connectivity index (χ4n) is 2.62. The van der Waals surface area contributed by atoms with Crippen LogP contribution in [0.1, 0.15) is 31.7 Å². The minimum Gasteiger partial charge on any atom is -0.341 e. The Bertz CT molecular complexity index is 539. The van der Waals surface area contributed by atoms with Gasteiger partial charge in [0.2, 0.25) is 11.8 Å². The second-order valence-electron chi connectivity index (χ2n) is 5.48. The van der Waals surface area contributed by atoms with Gasteiger partial charge < -0.3 is 9.80 Å². The van der Waals surface area contributed by atoms with Crippen LogP contribution in [-0.2, 0) is 9.59 Å². The Hall–Kier alpha value is -1.55. The van der Waals surface area contributed by atoms with Gasteiger partial charge >= 0.3 is 0 Å². The van der Waals surface area contributed by atoms with Gasteiger partial charge in [-0.3, -0.25) is 9.59 Å². The van der Waals surface area contributed by atoms with E-state index in [0.29, 0.717) is 10.7 Å². The number of hydrogen-bond donors (Lipinski definition) is 0. The van der Waals surface area contributed by atoms with E-state index in [1.165, 1.54) is 18.2 Å². The maximum Gasteiger partial charge on any atom is 0.242 e. The molecule has 0 radical (unpaired) electrons. The number of rotatable bonds is 3. The number of amides is 2. The molecule has 0 atom stereocenters. The average Bonchev–Trinajstić information content (AvgIpc) is 2.48. The van der Waals surface area contributed by atoms with Crippen molar-refractivity contribution in [2.75, 3.05) is 24.5 Å². The molecule has 1 fully saturated rings. The smallest absolute Gasteiger partial charge is 0.242 e. The van der Waals surface area contributed by atoms with Crippen LogP contribution < -0.4 is 4.90 Å². The molecule has 1 saturated heterocycles. The highest BCUT2D eigenvalue weighted by Crippen LogP contribution is 2.24. The molecule has 2 rings (SSSR count). The highest BCUT2D eigenvalue weighted by Gasteiger charge is 2.22. The van der Waals surface area contributed by atoms with Crippen molar-refractivity contribution < 1.29 is 9.59 Å². The third-order valence-electron chi connectivity index (χ3n) is 3.84. The largest absolute Gasteiger partial charge is 0.341 e. The molecule has 0 aliphatic carbocycles. The number of carbonyl (C=O) groups is 2. The van der Waals surface area contributed by atoms with E-state index < -0.39 is 0 Å². The molecule has 0 N–H and O–H groups in total. The van der Waals surface area contributed by atoms with Gasteiger partial charge in [-0.15, -0.1) is 0 Å². The molecule has 5 heteroatoms. The predicted octanol–water partition coefficient (Wildman–Crippen LogP) is 3.01. The van der Waals surface area contributed by atoms with E-state index in [4.69, 9.17) is 11.6 Å². The van der Waals surface area contributed by atoms with Crippen molar-refractivity contribution in [2.24, 2.45) is 0 Å². The average molecular weight is 309 g/mol. The first-order valence-corrected chi connectivity index (χ1v) is 7.69. The lowest BCUT2D eigenvalue weighted by molar-refractivity contribution is -0.132. The summed E-state index contributed by atoms with van der Waals surface area (Å²) in [5.74, 6) is -0.144. The van der Waals surface area contributed by atoms with Gasteiger partial charge in [-0.1, -0.05) is 17.7 Å². The van der Waals surface area contributed by atoms with Crippen molar-refractivity contribution >= 4 is 29.1 Å². The predicted molar refractivity (Wildman–Crippen MR) is 84.6 cm³/mol. The van der Waals surface area contributed by atoms with Gasteiger partial charge in [-0.2, -0.15) is 0 Å². The summed E-state index contributed by atoms with van der Waals surface area (Å²) in [5.41, 5.74) is 1.64. The van der Waals surface area contributed by atoms with E-state index in [2.05, 4.69) is 0 Å². The topological polar surface area (TPSA) is 40.6 Å². The van der Waals surface area contributed by atoms with Crippen LogP contribution in [0.15, 0.2) is 18.2 Å². The maximum atomic E-state index is 12.4. The van der Waals surface area contributed by atoms with Gasteiger partial charge in [-0.25, -0.2) is 0 Å². The Morgan fingerprint density at radius 1 is 1.24 bits per heavy atom. The Morgan fingerprint density at radius 2 is 1.90 bits per heavy atom. The lowest BCUT2D eigenvalue weighted by Crippen LogP contribution is -2.44. The summed E-state index contributed by atoms with van der Waals surface area (Å²) < 4.78 is 0. The molecule has 0 unspecified atom stereocenters. The maximum absolute atomic E-state index is 12.4. The molecular weight excluding hydrogens is 288 g/mol. The molecule has 0 bridgehead atoms. The molecule has 114 valence electrons. The van der Waals surface area contributed by atoms with E-state index >= 15 is 0 Å². The van der Waals surface area contributed by atoms with Gasteiger partial charge in [0.15, 0.2) is 0 Å². The summed E-state index contributed by atoms with van der Waals surface area (Å²) in [6, 6.07) is 5.38. The van der Waals surface area contributed by atoms with Gasteiger partial charge in [0.1, 0.15) is 6.54 Å². The van der Waals surface area contributed by atoms with E-state index in [9.17, 15) is 9.59 Å². The zero-order valence-corrected chi connectivity index (χ0v) is 13.3. The Kier molecular flexibility index (Phi) is 5.23. The number of carbonyl (C=O) groups excluding carboxylic acids is 2. The number of anilines is 1. The zero-order chi connectivity index (χ0) is 15.4. The summed E-state index contributed by atoms with van der Waals surface area (Å²) in [4.78, 5) is 27.7. The van der Waals surface area contributed by atoms with Gasteiger partial charge in [0.05, 0.1) is 0 Å². The fourth-order valence-corrected chi connectivity index (χ4v) is 2.78. The van der Waals surface area contributed by atoms with Crippen LogP contribution in [0.3, 0.4) is 0 Å². The molecule has 21 heavy (non-hydrogen) atoms. The number of likely N-dealkylation sites (tertiary alicyclic amines) is 1. The molecule has 0 spiro atoms. The van der Waals surface area contributed by atoms with E-state index in [1.807, 2.05) is 17.9 Å². The van der Waals surface area contributed by atoms with Gasteiger partial charge in [0, 0.05) is 30.7 Å². The van der Waals surface area contributed by atoms with Crippen molar-refractivity contribution in [3.63, 3.8) is 0 Å². The number of hydrogen-bond acceptors (Lipinski definition) is 2. The number of nitrogens with zero attached hydrogens (tertiary/aromatic N) is 2. The van der Waals surface area contributed by atoms with Crippen LogP contribution >= 0.6 is 11.6 Å². The molecule has 0 aromatic heterocycles. The van der Waals surface area contributed by atoms with Crippen LogP contribution in [0.4, 0.5) is 5.69 Å². The lowest BCUT2D eigenvalue weighted by atomic mass is 10.1. The summed E-state index contributed by atoms with van der Waals surface area (Å²) in [6.07, 6.45) is 3.26. The molecule has 4 nitrogen and oxygen atoms in total. The minimum atomic E-state index is -0.147. The first-order valence-electron chi connectivity index (χ1n) is 7.31. The fraction of sp³-hybridized carbons (Fsp3) is 0.500. The normalized spacial score (nSPS) is 14.9. The minimum absolute atomic E-state index is 0.00396. The lowest BCUT2D eigenvalue weighted by Gasteiger charge is -2.30. The van der Waals surface area contributed by atoms with Crippen molar-refractivity contribution in [2.45, 2.75) is 33.1 Å². The van der Waals surface area contributed by atoms with Gasteiger partial charge in [0.25, 0.3) is 0 Å².